The largest absolute Gasteiger partial charge is 0.338 e. The van der Waals surface area contributed by atoms with Crippen LogP contribution in [0.25, 0.3) is 33.7 Å². The number of nitrogens with one attached hydrogen (secondary N) is 3. The number of fused-ring (bicyclic) bond motifs is 1. The lowest BCUT2D eigenvalue weighted by Crippen LogP contribution is -2.12. The highest BCUT2D eigenvalue weighted by molar-refractivity contribution is 6.08. The molecular weight excluding hydrogens is 416 g/mol. The number of aromatic nitrogens is 6. The number of hydrogen-bond acceptors (Lipinski definition) is 4. The minimum absolute atomic E-state index is 0.319. The molecule has 5 aromatic rings. The summed E-state index contributed by atoms with van der Waals surface area (Å²) in [6, 6.07) is 9.06. The average Bonchev–Trinajstić information content (AvgIpc) is 3.53. The maximum atomic E-state index is 13.4. The van der Waals surface area contributed by atoms with Gasteiger partial charge in [-0.25, -0.2) is 13.8 Å². The van der Waals surface area contributed by atoms with Crippen LogP contribution in [0.5, 0.6) is 0 Å². The molecule has 0 atom stereocenters. The van der Waals surface area contributed by atoms with Gasteiger partial charge in [0.25, 0.3) is 5.91 Å². The number of rotatable bonds is 5. The van der Waals surface area contributed by atoms with Crippen molar-refractivity contribution in [2.45, 2.75) is 13.5 Å². The second kappa shape index (κ2) is 7.73. The Morgan fingerprint density at radius 2 is 1.88 bits per heavy atom. The number of aromatic amines is 2. The van der Waals surface area contributed by atoms with E-state index >= 15 is 0 Å². The van der Waals surface area contributed by atoms with Crippen molar-refractivity contribution in [3.05, 3.63) is 72.2 Å². The minimum atomic E-state index is -0.950. The summed E-state index contributed by atoms with van der Waals surface area (Å²) in [5, 5.41) is 13.9. The molecule has 0 aliphatic rings. The van der Waals surface area contributed by atoms with E-state index < -0.39 is 11.6 Å². The van der Waals surface area contributed by atoms with E-state index in [2.05, 4.69) is 30.6 Å². The van der Waals surface area contributed by atoms with Crippen LogP contribution in [-0.2, 0) is 6.54 Å². The summed E-state index contributed by atoms with van der Waals surface area (Å²) < 4.78 is 28.6. The predicted octanol–water partition coefficient (Wildman–Crippen LogP) is 4.37. The van der Waals surface area contributed by atoms with E-state index in [9.17, 15) is 13.6 Å². The fourth-order valence-corrected chi connectivity index (χ4v) is 3.40. The number of hydrogen-bond donors (Lipinski definition) is 3. The Balaban J connectivity index is 1.35. The molecule has 10 heteroatoms. The summed E-state index contributed by atoms with van der Waals surface area (Å²) in [4.78, 5) is 20.1. The lowest BCUT2D eigenvalue weighted by molar-refractivity contribution is 0.102. The summed E-state index contributed by atoms with van der Waals surface area (Å²) in [6.07, 6.45) is 4.98. The summed E-state index contributed by atoms with van der Waals surface area (Å²) in [5.74, 6) is -1.74. The van der Waals surface area contributed by atoms with Crippen LogP contribution in [0.1, 0.15) is 17.3 Å². The molecule has 0 saturated carbocycles. The molecule has 0 unspecified atom stereocenters. The number of halogens is 2. The molecule has 1 amide bonds. The molecule has 160 valence electrons. The highest BCUT2D eigenvalue weighted by Gasteiger charge is 2.17. The van der Waals surface area contributed by atoms with Gasteiger partial charge in [0.2, 0.25) is 0 Å². The van der Waals surface area contributed by atoms with Crippen LogP contribution >= 0.6 is 0 Å². The molecule has 0 saturated heterocycles. The monoisotopic (exact) mass is 433 g/mol. The molecule has 5 rings (SSSR count). The fourth-order valence-electron chi connectivity index (χ4n) is 3.40. The first-order valence-electron chi connectivity index (χ1n) is 9.84. The molecular formula is C22H17F2N7O. The van der Waals surface area contributed by atoms with Crippen molar-refractivity contribution in [1.29, 1.82) is 0 Å². The Bertz CT molecular complexity index is 1390. The normalized spacial score (nSPS) is 11.2. The second-order valence-electron chi connectivity index (χ2n) is 7.14. The molecule has 32 heavy (non-hydrogen) atoms. The second-order valence-corrected chi connectivity index (χ2v) is 7.14. The summed E-state index contributed by atoms with van der Waals surface area (Å²) in [6.45, 7) is 2.69. The highest BCUT2D eigenvalue weighted by atomic mass is 19.2. The van der Waals surface area contributed by atoms with Gasteiger partial charge < -0.3 is 10.3 Å². The Morgan fingerprint density at radius 3 is 2.62 bits per heavy atom. The Labute approximate surface area is 180 Å². The molecule has 3 aromatic heterocycles. The predicted molar refractivity (Wildman–Crippen MR) is 115 cm³/mol. The van der Waals surface area contributed by atoms with Crippen molar-refractivity contribution >= 4 is 22.6 Å². The van der Waals surface area contributed by atoms with E-state index in [-0.39, 0.29) is 5.91 Å². The first kappa shape index (κ1) is 19.6. The molecule has 0 aliphatic heterocycles. The molecule has 0 radical (unpaired) electrons. The van der Waals surface area contributed by atoms with Gasteiger partial charge in [0.1, 0.15) is 5.82 Å². The summed E-state index contributed by atoms with van der Waals surface area (Å²) in [5.41, 5.74) is 3.75. The molecule has 0 bridgehead atoms. The van der Waals surface area contributed by atoms with E-state index in [0.29, 0.717) is 39.4 Å². The topological polar surface area (TPSA) is 104 Å². The smallest absolute Gasteiger partial charge is 0.259 e. The van der Waals surface area contributed by atoms with E-state index in [4.69, 9.17) is 0 Å². The van der Waals surface area contributed by atoms with Gasteiger partial charge in [-0.05, 0) is 31.2 Å². The van der Waals surface area contributed by atoms with E-state index in [1.165, 1.54) is 6.20 Å². The van der Waals surface area contributed by atoms with Crippen molar-refractivity contribution in [1.82, 2.24) is 29.9 Å². The molecule has 0 fully saturated rings. The number of aryl methyl sites for hydroxylation is 1. The quantitative estimate of drug-likeness (QED) is 0.383. The number of imidazole rings is 1. The van der Waals surface area contributed by atoms with Gasteiger partial charge in [-0.2, -0.15) is 10.2 Å². The van der Waals surface area contributed by atoms with Gasteiger partial charge in [0.15, 0.2) is 11.6 Å². The number of H-pyrrole nitrogens is 2. The highest BCUT2D eigenvalue weighted by Crippen LogP contribution is 2.25. The third kappa shape index (κ3) is 3.51. The van der Waals surface area contributed by atoms with Crippen LogP contribution in [-0.4, -0.2) is 35.9 Å². The third-order valence-electron chi connectivity index (χ3n) is 5.07. The Hall–Kier alpha value is -4.34. The summed E-state index contributed by atoms with van der Waals surface area (Å²) in [7, 11) is 0. The van der Waals surface area contributed by atoms with E-state index in [1.54, 1.807) is 35.1 Å². The Kier molecular flexibility index (Phi) is 4.74. The number of nitrogens with zero attached hydrogens (tertiary/aromatic N) is 4. The lowest BCUT2D eigenvalue weighted by atomic mass is 10.1. The van der Waals surface area contributed by atoms with Gasteiger partial charge in [-0.1, -0.05) is 0 Å². The van der Waals surface area contributed by atoms with Crippen LogP contribution in [0, 0.1) is 11.6 Å². The maximum absolute atomic E-state index is 13.4. The van der Waals surface area contributed by atoms with Crippen molar-refractivity contribution in [3.63, 3.8) is 0 Å². The van der Waals surface area contributed by atoms with Crippen LogP contribution < -0.4 is 5.32 Å². The SMILES string of the molecule is CCn1cc(-c2[nH]ncc2C(=O)Nc2ccc(-c3nc4cc(F)c(F)cc4[nH]3)cc2)cn1. The van der Waals surface area contributed by atoms with Crippen molar-refractivity contribution in [2.24, 2.45) is 0 Å². The molecule has 2 aromatic carbocycles. The van der Waals surface area contributed by atoms with E-state index in [0.717, 1.165) is 24.2 Å². The standard InChI is InChI=1S/C22H17F2N7O/c1-2-31-11-13(9-26-31)20-15(10-25-30-20)22(32)27-14-5-3-12(4-6-14)21-28-18-7-16(23)17(24)8-19(18)29-21/h3-11H,2H2,1H3,(H,25,30)(H,27,32)(H,28,29). The molecule has 0 aliphatic carbocycles. The summed E-state index contributed by atoms with van der Waals surface area (Å²) >= 11 is 0. The van der Waals surface area contributed by atoms with Crippen molar-refractivity contribution < 1.29 is 13.6 Å². The third-order valence-corrected chi connectivity index (χ3v) is 5.07. The van der Waals surface area contributed by atoms with Gasteiger partial charge in [-0.15, -0.1) is 0 Å². The van der Waals surface area contributed by atoms with Gasteiger partial charge in [0, 0.05) is 41.7 Å². The van der Waals surface area contributed by atoms with Gasteiger partial charge >= 0.3 is 0 Å². The first-order chi connectivity index (χ1) is 15.5. The van der Waals surface area contributed by atoms with Crippen LogP contribution in [0.4, 0.5) is 14.5 Å². The first-order valence-corrected chi connectivity index (χ1v) is 9.84. The zero-order chi connectivity index (χ0) is 22.2. The van der Waals surface area contributed by atoms with Crippen LogP contribution in [0.15, 0.2) is 55.0 Å². The molecule has 3 N–H and O–H groups in total. The van der Waals surface area contributed by atoms with Gasteiger partial charge in [-0.3, -0.25) is 14.6 Å². The molecule has 3 heterocycles. The van der Waals surface area contributed by atoms with Crippen molar-refractivity contribution in [2.75, 3.05) is 5.32 Å². The van der Waals surface area contributed by atoms with Gasteiger partial charge in [0.05, 0.1) is 34.7 Å². The molecule has 0 spiro atoms. The Morgan fingerprint density at radius 1 is 1.09 bits per heavy atom. The number of carbonyl (C=O) groups is 1. The number of anilines is 1. The van der Waals surface area contributed by atoms with Crippen LogP contribution in [0.3, 0.4) is 0 Å². The average molecular weight is 433 g/mol. The number of benzene rings is 2. The minimum Gasteiger partial charge on any atom is -0.338 e. The number of amides is 1. The van der Waals surface area contributed by atoms with E-state index in [1.807, 2.05) is 13.1 Å². The fraction of sp³-hybridized carbons (Fsp3) is 0.0909. The number of carbonyl (C=O) groups excluding carboxylic acids is 1. The molecule has 8 nitrogen and oxygen atoms in total. The van der Waals surface area contributed by atoms with Crippen LogP contribution in [0.2, 0.25) is 0 Å². The lowest BCUT2D eigenvalue weighted by Gasteiger charge is -2.06. The zero-order valence-electron chi connectivity index (χ0n) is 16.9. The van der Waals surface area contributed by atoms with Crippen molar-refractivity contribution in [3.8, 4) is 22.6 Å². The zero-order valence-corrected chi connectivity index (χ0v) is 16.9. The maximum Gasteiger partial charge on any atom is 0.259 e.